The Kier molecular flexibility index (Phi) is 1.73. The summed E-state index contributed by atoms with van der Waals surface area (Å²) in [6, 6.07) is 5.78. The van der Waals surface area contributed by atoms with Crippen molar-refractivity contribution in [1.82, 2.24) is 4.98 Å². The number of hydrogen-bond donors (Lipinski definition) is 1. The van der Waals surface area contributed by atoms with E-state index in [0.29, 0.717) is 5.82 Å². The van der Waals surface area contributed by atoms with Crippen LogP contribution >= 0.6 is 0 Å². The van der Waals surface area contributed by atoms with Gasteiger partial charge in [-0.3, -0.25) is 0 Å². The van der Waals surface area contributed by atoms with Crippen LogP contribution in [0.2, 0.25) is 0 Å². The molecule has 2 radical (unpaired) electrons. The number of nitrogen functional groups attached to an aromatic ring is 1. The molecule has 0 aliphatic heterocycles. The van der Waals surface area contributed by atoms with Crippen molar-refractivity contribution in [3.05, 3.63) is 30.0 Å². The lowest BCUT2D eigenvalue weighted by molar-refractivity contribution is 1.37. The van der Waals surface area contributed by atoms with Crippen molar-refractivity contribution in [3.63, 3.8) is 0 Å². The Morgan fingerprint density at radius 2 is 2.00 bits per heavy atom. The highest BCUT2D eigenvalue weighted by Crippen LogP contribution is 2.14. The number of aryl methyl sites for hydroxylation is 1. The molecular weight excluding hydrogens is 159 g/mol. The van der Waals surface area contributed by atoms with Crippen LogP contribution in [0, 0.1) is 6.92 Å². The smallest absolute Gasteiger partial charge is 0.123 e. The molecule has 3 heteroatoms. The third-order valence-corrected chi connectivity index (χ3v) is 2.13. The Labute approximate surface area is 78.2 Å². The molecule has 62 valence electrons. The monoisotopic (exact) mass is 168 g/mol. The summed E-state index contributed by atoms with van der Waals surface area (Å²) in [6.07, 6.45) is 1.74. The maximum absolute atomic E-state index is 5.76. The van der Waals surface area contributed by atoms with Crippen LogP contribution in [-0.4, -0.2) is 12.8 Å². The molecule has 2 nitrogen and oxygen atoms in total. The summed E-state index contributed by atoms with van der Waals surface area (Å²) in [7, 11) is 5.76. The molecule has 0 aliphatic carbocycles. The fourth-order valence-corrected chi connectivity index (χ4v) is 1.34. The number of benzene rings is 1. The minimum absolute atomic E-state index is 0.539. The number of aromatic nitrogens is 1. The summed E-state index contributed by atoms with van der Waals surface area (Å²) in [6.45, 7) is 1.98. The van der Waals surface area contributed by atoms with E-state index < -0.39 is 0 Å². The maximum Gasteiger partial charge on any atom is 0.123 e. The molecule has 2 rings (SSSR count). The van der Waals surface area contributed by atoms with Gasteiger partial charge in [0.15, 0.2) is 0 Å². The molecular formula is C10H9BN2. The molecule has 0 amide bonds. The van der Waals surface area contributed by atoms with Gasteiger partial charge in [-0.05, 0) is 23.8 Å². The minimum atomic E-state index is 0.539. The number of rotatable bonds is 0. The third-order valence-electron chi connectivity index (χ3n) is 2.13. The molecule has 0 saturated carbocycles. The topological polar surface area (TPSA) is 38.9 Å². The first-order chi connectivity index (χ1) is 6.16. The second kappa shape index (κ2) is 2.77. The Balaban J connectivity index is 2.81. The molecule has 2 aromatic rings. The SMILES string of the molecule is [B]c1cc2cnc(N)cc2cc1C. The maximum atomic E-state index is 5.76. The Hall–Kier alpha value is -1.51. The minimum Gasteiger partial charge on any atom is -0.384 e. The first kappa shape index (κ1) is 8.11. The van der Waals surface area contributed by atoms with Crippen LogP contribution in [0.25, 0.3) is 10.8 Å². The molecule has 0 atom stereocenters. The van der Waals surface area contributed by atoms with Crippen molar-refractivity contribution in [2.75, 3.05) is 5.73 Å². The van der Waals surface area contributed by atoms with E-state index in [-0.39, 0.29) is 0 Å². The van der Waals surface area contributed by atoms with Crippen molar-refractivity contribution in [2.45, 2.75) is 6.92 Å². The molecule has 0 fully saturated rings. The molecule has 0 bridgehead atoms. The van der Waals surface area contributed by atoms with Gasteiger partial charge in [-0.2, -0.15) is 0 Å². The molecule has 1 aromatic heterocycles. The number of anilines is 1. The van der Waals surface area contributed by atoms with Crippen molar-refractivity contribution in [2.24, 2.45) is 0 Å². The van der Waals surface area contributed by atoms with Gasteiger partial charge in [-0.15, -0.1) is 0 Å². The zero-order valence-electron chi connectivity index (χ0n) is 7.41. The van der Waals surface area contributed by atoms with Gasteiger partial charge >= 0.3 is 0 Å². The Morgan fingerprint density at radius 1 is 1.23 bits per heavy atom. The highest BCUT2D eigenvalue weighted by Gasteiger charge is 1.98. The number of pyridine rings is 1. The average Bonchev–Trinajstić information content (AvgIpc) is 2.08. The van der Waals surface area contributed by atoms with Crippen molar-refractivity contribution in [3.8, 4) is 0 Å². The number of nitrogens with zero attached hydrogens (tertiary/aromatic N) is 1. The molecule has 0 unspecified atom stereocenters. The van der Waals surface area contributed by atoms with Crippen LogP contribution in [-0.2, 0) is 0 Å². The number of fused-ring (bicyclic) bond motifs is 1. The zero-order chi connectivity index (χ0) is 9.42. The number of nitrogens with two attached hydrogens (primary N) is 1. The van der Waals surface area contributed by atoms with E-state index in [2.05, 4.69) is 4.98 Å². The van der Waals surface area contributed by atoms with Crippen LogP contribution in [0.15, 0.2) is 24.4 Å². The van der Waals surface area contributed by atoms with Crippen LogP contribution in [0.1, 0.15) is 5.56 Å². The largest absolute Gasteiger partial charge is 0.384 e. The fourth-order valence-electron chi connectivity index (χ4n) is 1.34. The van der Waals surface area contributed by atoms with Gasteiger partial charge in [-0.25, -0.2) is 4.98 Å². The summed E-state index contributed by atoms with van der Waals surface area (Å²) in [5, 5.41) is 2.11. The van der Waals surface area contributed by atoms with Gasteiger partial charge in [0.2, 0.25) is 0 Å². The van der Waals surface area contributed by atoms with Crippen molar-refractivity contribution in [1.29, 1.82) is 0 Å². The van der Waals surface area contributed by atoms with Gasteiger partial charge < -0.3 is 5.73 Å². The molecule has 0 aliphatic rings. The Bertz CT molecular complexity index is 466. The quantitative estimate of drug-likeness (QED) is 0.594. The van der Waals surface area contributed by atoms with Crippen molar-refractivity contribution >= 4 is 29.9 Å². The van der Waals surface area contributed by atoms with E-state index in [1.54, 1.807) is 6.20 Å². The van der Waals surface area contributed by atoms with Crippen LogP contribution in [0.5, 0.6) is 0 Å². The van der Waals surface area contributed by atoms with Gasteiger partial charge in [0.25, 0.3) is 0 Å². The van der Waals surface area contributed by atoms with E-state index in [1.165, 1.54) is 0 Å². The first-order valence-corrected chi connectivity index (χ1v) is 4.08. The third kappa shape index (κ3) is 1.37. The van der Waals surface area contributed by atoms with E-state index >= 15 is 0 Å². The lowest BCUT2D eigenvalue weighted by atomic mass is 9.89. The molecule has 0 saturated heterocycles. The predicted octanol–water partition coefficient (Wildman–Crippen LogP) is 0.919. The van der Waals surface area contributed by atoms with E-state index in [0.717, 1.165) is 21.8 Å². The lowest BCUT2D eigenvalue weighted by Crippen LogP contribution is -2.06. The van der Waals surface area contributed by atoms with Crippen molar-refractivity contribution < 1.29 is 0 Å². The molecule has 1 aromatic carbocycles. The highest BCUT2D eigenvalue weighted by molar-refractivity contribution is 6.34. The van der Waals surface area contributed by atoms with Crippen LogP contribution in [0.3, 0.4) is 0 Å². The second-order valence-electron chi connectivity index (χ2n) is 3.17. The van der Waals surface area contributed by atoms with Crippen LogP contribution in [0.4, 0.5) is 5.82 Å². The zero-order valence-corrected chi connectivity index (χ0v) is 7.41. The van der Waals surface area contributed by atoms with E-state index in [1.807, 2.05) is 25.1 Å². The summed E-state index contributed by atoms with van der Waals surface area (Å²) in [5.74, 6) is 0.539. The van der Waals surface area contributed by atoms with Gasteiger partial charge in [0.05, 0.1) is 0 Å². The van der Waals surface area contributed by atoms with E-state index in [9.17, 15) is 0 Å². The summed E-state index contributed by atoms with van der Waals surface area (Å²) in [4.78, 5) is 4.00. The molecule has 13 heavy (non-hydrogen) atoms. The molecule has 0 spiro atoms. The predicted molar refractivity (Wildman–Crippen MR) is 56.3 cm³/mol. The Morgan fingerprint density at radius 3 is 2.77 bits per heavy atom. The van der Waals surface area contributed by atoms with E-state index in [4.69, 9.17) is 13.6 Å². The van der Waals surface area contributed by atoms with Gasteiger partial charge in [0.1, 0.15) is 13.7 Å². The molecule has 2 N–H and O–H groups in total. The first-order valence-electron chi connectivity index (χ1n) is 4.08. The fraction of sp³-hybridized carbons (Fsp3) is 0.100. The summed E-state index contributed by atoms with van der Waals surface area (Å²) < 4.78 is 0. The lowest BCUT2D eigenvalue weighted by Gasteiger charge is -2.03. The van der Waals surface area contributed by atoms with Gasteiger partial charge in [0, 0.05) is 6.20 Å². The summed E-state index contributed by atoms with van der Waals surface area (Å²) in [5.41, 5.74) is 7.43. The molecule has 1 heterocycles. The second-order valence-corrected chi connectivity index (χ2v) is 3.17. The standard InChI is InChI=1S/C10H9BN2/c1-6-2-7-4-10(12)13-5-8(7)3-9(6)11/h2-5H,1H3,(H2,12,13). The van der Waals surface area contributed by atoms with Crippen LogP contribution < -0.4 is 11.2 Å². The number of hydrogen-bond acceptors (Lipinski definition) is 2. The summed E-state index contributed by atoms with van der Waals surface area (Å²) >= 11 is 0. The average molecular weight is 168 g/mol. The highest BCUT2D eigenvalue weighted by atomic mass is 14.8. The van der Waals surface area contributed by atoms with Gasteiger partial charge in [-0.1, -0.05) is 23.2 Å². The normalized spacial score (nSPS) is 10.5.